The first-order valence-corrected chi connectivity index (χ1v) is 17.5. The molecular weight excluding hydrogens is 675 g/mol. The number of para-hydroxylation sites is 2. The fourth-order valence-electron chi connectivity index (χ4n) is 6.63. The van der Waals surface area contributed by atoms with Crippen LogP contribution >= 0.6 is 23.2 Å². The summed E-state index contributed by atoms with van der Waals surface area (Å²) in [5.41, 5.74) is 3.86. The number of rotatable bonds is 13. The molecule has 3 aromatic carbocycles. The number of imidazole rings is 1. The Balaban J connectivity index is 1.14. The zero-order valence-electron chi connectivity index (χ0n) is 28.4. The minimum atomic E-state index is -0.193. The molecule has 1 unspecified atom stereocenters. The van der Waals surface area contributed by atoms with E-state index in [1.54, 1.807) is 36.2 Å². The second kappa shape index (κ2) is 16.0. The maximum absolute atomic E-state index is 13.9. The van der Waals surface area contributed by atoms with Crippen molar-refractivity contribution in [2.45, 2.75) is 38.6 Å². The fourth-order valence-corrected chi connectivity index (χ4v) is 6.94. The largest absolute Gasteiger partial charge is 0.496 e. The Labute approximate surface area is 301 Å². The van der Waals surface area contributed by atoms with Crippen LogP contribution in [-0.4, -0.2) is 91.6 Å². The minimum Gasteiger partial charge on any atom is -0.496 e. The van der Waals surface area contributed by atoms with Gasteiger partial charge in [-0.25, -0.2) is 9.67 Å². The van der Waals surface area contributed by atoms with Crippen molar-refractivity contribution in [1.29, 1.82) is 0 Å². The van der Waals surface area contributed by atoms with Gasteiger partial charge >= 0.3 is 0 Å². The molecule has 0 aliphatic carbocycles. The van der Waals surface area contributed by atoms with E-state index in [0.29, 0.717) is 46.0 Å². The van der Waals surface area contributed by atoms with Crippen LogP contribution in [0.15, 0.2) is 79.1 Å². The number of fused-ring (bicyclic) bond motifs is 1. The van der Waals surface area contributed by atoms with Crippen molar-refractivity contribution >= 4 is 45.9 Å². The molecule has 11 nitrogen and oxygen atoms in total. The number of carbonyl (C=O) groups is 2. The lowest BCUT2D eigenvalue weighted by Gasteiger charge is -2.33. The summed E-state index contributed by atoms with van der Waals surface area (Å²) in [5.74, 6) is 0.801. The predicted octanol–water partition coefficient (Wildman–Crippen LogP) is 6.74. The Morgan fingerprint density at radius 3 is 2.58 bits per heavy atom. The Morgan fingerprint density at radius 1 is 1.06 bits per heavy atom. The number of amides is 1. The van der Waals surface area contributed by atoms with Gasteiger partial charge in [0, 0.05) is 32.0 Å². The van der Waals surface area contributed by atoms with Crippen molar-refractivity contribution in [2.75, 3.05) is 40.3 Å². The summed E-state index contributed by atoms with van der Waals surface area (Å²) < 4.78 is 9.07. The van der Waals surface area contributed by atoms with E-state index in [-0.39, 0.29) is 23.5 Å². The highest BCUT2D eigenvalue weighted by Crippen LogP contribution is 2.31. The Bertz CT molecular complexity index is 1990. The molecule has 3 heterocycles. The number of Topliss-reactive ketones (excluding diaryl/α,β-unsaturated/α-hetero) is 1. The third kappa shape index (κ3) is 7.75. The quantitative estimate of drug-likeness (QED) is 0.0974. The van der Waals surface area contributed by atoms with E-state index >= 15 is 0 Å². The number of methoxy groups -OCH3 is 1. The van der Waals surface area contributed by atoms with E-state index in [2.05, 4.69) is 20.4 Å². The summed E-state index contributed by atoms with van der Waals surface area (Å²) in [4.78, 5) is 36.5. The molecule has 6 rings (SSSR count). The normalized spacial score (nSPS) is 14.7. The Hall–Kier alpha value is -4.58. The molecule has 0 N–H and O–H groups in total. The first-order valence-electron chi connectivity index (χ1n) is 16.7. The molecular formula is C37H40Cl2N8O3. The number of piperidine rings is 1. The van der Waals surface area contributed by atoms with Crippen LogP contribution in [0.4, 0.5) is 0 Å². The highest BCUT2D eigenvalue weighted by atomic mass is 35.5. The summed E-state index contributed by atoms with van der Waals surface area (Å²) in [7, 11) is 3.33. The maximum Gasteiger partial charge on any atom is 0.257 e. The number of halogens is 2. The summed E-state index contributed by atoms with van der Waals surface area (Å²) in [6, 6.07) is 18.8. The van der Waals surface area contributed by atoms with Crippen molar-refractivity contribution in [1.82, 2.24) is 39.6 Å². The average molecular weight is 716 g/mol. The lowest BCUT2D eigenvalue weighted by Crippen LogP contribution is -2.38. The molecule has 0 saturated carbocycles. The summed E-state index contributed by atoms with van der Waals surface area (Å²) >= 11 is 12.7. The van der Waals surface area contributed by atoms with Gasteiger partial charge in [-0.2, -0.15) is 0 Å². The fraction of sp³-hybridized carbons (Fsp3) is 0.351. The van der Waals surface area contributed by atoms with E-state index in [4.69, 9.17) is 32.9 Å². The number of hydrogen-bond donors (Lipinski definition) is 0. The number of likely N-dealkylation sites (tertiary alicyclic amines) is 1. The van der Waals surface area contributed by atoms with Gasteiger partial charge in [-0.15, -0.1) is 5.10 Å². The number of likely N-dealkylation sites (N-methyl/N-ethyl adjacent to an activating group) is 1. The van der Waals surface area contributed by atoms with Gasteiger partial charge in [0.2, 0.25) is 5.78 Å². The molecule has 1 saturated heterocycles. The maximum atomic E-state index is 13.9. The number of ether oxygens (including phenoxy) is 1. The second-order valence-corrected chi connectivity index (χ2v) is 13.4. The third-order valence-corrected chi connectivity index (χ3v) is 10.2. The van der Waals surface area contributed by atoms with Gasteiger partial charge in [0.25, 0.3) is 5.91 Å². The van der Waals surface area contributed by atoms with E-state index in [1.807, 2.05) is 60.0 Å². The zero-order chi connectivity index (χ0) is 35.2. The molecule has 0 radical (unpaired) electrons. The Kier molecular flexibility index (Phi) is 11.3. The van der Waals surface area contributed by atoms with E-state index in [9.17, 15) is 9.59 Å². The third-order valence-electron chi connectivity index (χ3n) is 9.43. The van der Waals surface area contributed by atoms with E-state index in [0.717, 1.165) is 55.5 Å². The number of tetrazole rings is 1. The van der Waals surface area contributed by atoms with Gasteiger partial charge < -0.3 is 19.1 Å². The van der Waals surface area contributed by atoms with Crippen LogP contribution in [0.1, 0.15) is 58.6 Å². The summed E-state index contributed by atoms with van der Waals surface area (Å²) in [6.07, 6.45) is 7.81. The number of benzene rings is 3. The van der Waals surface area contributed by atoms with Crippen molar-refractivity contribution < 1.29 is 14.3 Å². The van der Waals surface area contributed by atoms with Gasteiger partial charge in [-0.05, 0) is 104 Å². The second-order valence-electron chi connectivity index (χ2n) is 12.6. The molecule has 1 aliphatic rings. The van der Waals surface area contributed by atoms with Crippen LogP contribution < -0.4 is 4.74 Å². The molecule has 13 heteroatoms. The summed E-state index contributed by atoms with van der Waals surface area (Å²) in [6.45, 7) is 5.43. The first-order chi connectivity index (χ1) is 24.3. The molecule has 50 heavy (non-hydrogen) atoms. The molecule has 0 spiro atoms. The van der Waals surface area contributed by atoms with Crippen molar-refractivity contribution in [3.05, 3.63) is 106 Å². The molecule has 260 valence electrons. The lowest BCUT2D eigenvalue weighted by molar-refractivity contribution is 0.0776. The number of nitrogens with zero attached hydrogens (tertiary/aromatic N) is 8. The van der Waals surface area contributed by atoms with Crippen molar-refractivity contribution in [3.63, 3.8) is 0 Å². The number of aromatic nitrogens is 6. The standard InChI is InChI=1S/C37H40Cl2N8O3/c1-4-5-17-46-33-9-7-6-8-32(33)41-36(46)35(48)25-14-18-45(19-15-25)20-16-27(26-10-12-30(38)31(39)21-26)23-44(2)37(49)29-22-28(11-13-34(29)50-3)47-24-40-42-43-47/h4-13,21-22,24-25,27H,14-20,23H2,1-3H3. The van der Waals surface area contributed by atoms with E-state index in [1.165, 1.54) is 18.1 Å². The SMILES string of the molecule is CC=CCn1c(C(=O)C2CCN(CCC(CN(C)C(=O)c3cc(-n4cnnn4)ccc3OC)c3ccc(Cl)c(Cl)c3)CC2)nc2ccccc21. The van der Waals surface area contributed by atoms with Gasteiger partial charge in [0.15, 0.2) is 5.82 Å². The molecule has 1 aliphatic heterocycles. The number of hydrogen-bond acceptors (Lipinski definition) is 8. The number of ketones is 1. The molecule has 1 atom stereocenters. The molecule has 2 aromatic heterocycles. The zero-order valence-corrected chi connectivity index (χ0v) is 29.9. The highest BCUT2D eigenvalue weighted by molar-refractivity contribution is 6.42. The number of carbonyl (C=O) groups excluding carboxylic acids is 2. The average Bonchev–Trinajstić information content (AvgIpc) is 3.82. The van der Waals surface area contributed by atoms with Crippen molar-refractivity contribution in [3.8, 4) is 11.4 Å². The molecule has 0 bridgehead atoms. The molecule has 1 fully saturated rings. The minimum absolute atomic E-state index is 0.0294. The van der Waals surface area contributed by atoms with Gasteiger partial charge in [-0.3, -0.25) is 9.59 Å². The van der Waals surface area contributed by atoms with E-state index < -0.39 is 0 Å². The predicted molar refractivity (Wildman–Crippen MR) is 195 cm³/mol. The van der Waals surface area contributed by atoms with Crippen LogP contribution in [0.2, 0.25) is 10.0 Å². The van der Waals surface area contributed by atoms with Gasteiger partial charge in [0.1, 0.15) is 12.1 Å². The lowest BCUT2D eigenvalue weighted by atomic mass is 9.90. The van der Waals surface area contributed by atoms with Crippen molar-refractivity contribution in [2.24, 2.45) is 5.92 Å². The highest BCUT2D eigenvalue weighted by Gasteiger charge is 2.30. The Morgan fingerprint density at radius 2 is 1.86 bits per heavy atom. The van der Waals surface area contributed by atoms with Crippen LogP contribution in [0.25, 0.3) is 16.7 Å². The smallest absolute Gasteiger partial charge is 0.257 e. The van der Waals surface area contributed by atoms with Gasteiger partial charge in [0.05, 0.1) is 39.4 Å². The summed E-state index contributed by atoms with van der Waals surface area (Å²) in [5, 5.41) is 12.3. The molecule has 1 amide bonds. The first kappa shape index (κ1) is 35.3. The molecule has 5 aromatic rings. The van der Waals surface area contributed by atoms with Gasteiger partial charge in [-0.1, -0.05) is 53.6 Å². The number of allylic oxidation sites excluding steroid dienone is 2. The van der Waals surface area contributed by atoms with Crippen LogP contribution in [0.3, 0.4) is 0 Å². The topological polar surface area (TPSA) is 111 Å². The van der Waals surface area contributed by atoms with Crippen LogP contribution in [-0.2, 0) is 6.54 Å². The monoisotopic (exact) mass is 714 g/mol. The van der Waals surface area contributed by atoms with Crippen LogP contribution in [0, 0.1) is 5.92 Å². The van der Waals surface area contributed by atoms with Crippen LogP contribution in [0.5, 0.6) is 5.75 Å².